The van der Waals surface area contributed by atoms with Gasteiger partial charge in [0.05, 0.1) is 5.60 Å². The van der Waals surface area contributed by atoms with Gasteiger partial charge in [0.25, 0.3) is 0 Å². The Kier molecular flexibility index (Phi) is 2.98. The zero-order chi connectivity index (χ0) is 11.8. The average Bonchev–Trinajstić information content (AvgIpc) is 2.54. The molecule has 3 heteroatoms. The smallest absolute Gasteiger partial charge is 0.162 e. The van der Waals surface area contributed by atoms with Crippen molar-refractivity contribution in [2.75, 3.05) is 0 Å². The number of halogens is 2. The minimum Gasteiger partial charge on any atom is -0.390 e. The molecule has 0 amide bonds. The third kappa shape index (κ3) is 2.24. The molecule has 0 spiro atoms. The number of aliphatic hydroxyl groups is 1. The fraction of sp³-hybridized carbons (Fsp3) is 0.538. The van der Waals surface area contributed by atoms with E-state index >= 15 is 0 Å². The van der Waals surface area contributed by atoms with Crippen LogP contribution in [0.3, 0.4) is 0 Å². The number of hydrogen-bond donors (Lipinski definition) is 1. The Labute approximate surface area is 94.1 Å². The first-order valence-corrected chi connectivity index (χ1v) is 5.65. The van der Waals surface area contributed by atoms with Gasteiger partial charge >= 0.3 is 0 Å². The molecule has 1 fully saturated rings. The Hall–Kier alpha value is -0.960. The predicted octanol–water partition coefficient (Wildman–Crippen LogP) is 3.06. The summed E-state index contributed by atoms with van der Waals surface area (Å²) in [6, 6.07) is 4.12. The first-order chi connectivity index (χ1) is 7.50. The fourth-order valence-corrected chi connectivity index (χ4v) is 2.57. The Morgan fingerprint density at radius 1 is 1.44 bits per heavy atom. The van der Waals surface area contributed by atoms with Gasteiger partial charge in [-0.3, -0.25) is 0 Å². The molecule has 0 saturated heterocycles. The van der Waals surface area contributed by atoms with Crippen LogP contribution in [0.1, 0.15) is 31.7 Å². The highest BCUT2D eigenvalue weighted by atomic mass is 19.2. The van der Waals surface area contributed by atoms with Gasteiger partial charge in [-0.25, -0.2) is 8.78 Å². The van der Waals surface area contributed by atoms with E-state index in [2.05, 4.69) is 6.92 Å². The molecule has 0 aromatic heterocycles. The van der Waals surface area contributed by atoms with Crippen molar-refractivity contribution < 1.29 is 13.9 Å². The SMILES string of the molecule is CC1CCC(O)(Cc2cccc(F)c2F)C1. The number of benzene rings is 1. The van der Waals surface area contributed by atoms with Crippen molar-refractivity contribution in [3.63, 3.8) is 0 Å². The quantitative estimate of drug-likeness (QED) is 0.821. The van der Waals surface area contributed by atoms with E-state index in [4.69, 9.17) is 0 Å². The second-order valence-electron chi connectivity index (χ2n) is 4.96. The fourth-order valence-electron chi connectivity index (χ4n) is 2.57. The van der Waals surface area contributed by atoms with Crippen molar-refractivity contribution in [3.8, 4) is 0 Å². The predicted molar refractivity (Wildman–Crippen MR) is 58.0 cm³/mol. The van der Waals surface area contributed by atoms with E-state index in [1.54, 1.807) is 6.07 Å². The zero-order valence-corrected chi connectivity index (χ0v) is 9.34. The zero-order valence-electron chi connectivity index (χ0n) is 9.34. The maximum absolute atomic E-state index is 13.4. The summed E-state index contributed by atoms with van der Waals surface area (Å²) in [7, 11) is 0. The van der Waals surface area contributed by atoms with Gasteiger partial charge in [-0.15, -0.1) is 0 Å². The van der Waals surface area contributed by atoms with Crippen LogP contribution in [0.5, 0.6) is 0 Å². The second kappa shape index (κ2) is 4.13. The Morgan fingerprint density at radius 2 is 2.19 bits per heavy atom. The van der Waals surface area contributed by atoms with Crippen molar-refractivity contribution >= 4 is 0 Å². The van der Waals surface area contributed by atoms with Gasteiger partial charge in [0.2, 0.25) is 0 Å². The molecular weight excluding hydrogens is 210 g/mol. The largest absolute Gasteiger partial charge is 0.390 e. The van der Waals surface area contributed by atoms with Crippen LogP contribution in [0.15, 0.2) is 18.2 Å². The molecule has 1 aliphatic carbocycles. The maximum Gasteiger partial charge on any atom is 0.162 e. The summed E-state index contributed by atoms with van der Waals surface area (Å²) in [5, 5.41) is 10.2. The van der Waals surface area contributed by atoms with Crippen molar-refractivity contribution in [2.45, 2.75) is 38.2 Å². The molecule has 1 aliphatic rings. The third-order valence-electron chi connectivity index (χ3n) is 3.38. The van der Waals surface area contributed by atoms with Crippen LogP contribution in [0.25, 0.3) is 0 Å². The Morgan fingerprint density at radius 3 is 2.81 bits per heavy atom. The van der Waals surface area contributed by atoms with Crippen LogP contribution in [-0.4, -0.2) is 10.7 Å². The lowest BCUT2D eigenvalue weighted by atomic mass is 9.92. The van der Waals surface area contributed by atoms with E-state index in [0.717, 1.165) is 12.5 Å². The van der Waals surface area contributed by atoms with Gasteiger partial charge in [0.1, 0.15) is 0 Å². The van der Waals surface area contributed by atoms with Crippen molar-refractivity contribution in [2.24, 2.45) is 5.92 Å². The minimum absolute atomic E-state index is 0.209. The summed E-state index contributed by atoms with van der Waals surface area (Å²) in [6.45, 7) is 2.07. The van der Waals surface area contributed by atoms with E-state index in [-0.39, 0.29) is 12.0 Å². The van der Waals surface area contributed by atoms with Crippen LogP contribution in [-0.2, 0) is 6.42 Å². The van der Waals surface area contributed by atoms with Gasteiger partial charge in [0, 0.05) is 6.42 Å². The third-order valence-corrected chi connectivity index (χ3v) is 3.38. The van der Waals surface area contributed by atoms with Crippen molar-refractivity contribution in [1.29, 1.82) is 0 Å². The van der Waals surface area contributed by atoms with Crippen molar-refractivity contribution in [1.82, 2.24) is 0 Å². The molecule has 16 heavy (non-hydrogen) atoms. The van der Waals surface area contributed by atoms with Gasteiger partial charge in [-0.05, 0) is 36.8 Å². The summed E-state index contributed by atoms with van der Waals surface area (Å²) >= 11 is 0. The number of hydrogen-bond acceptors (Lipinski definition) is 1. The first kappa shape index (κ1) is 11.5. The van der Waals surface area contributed by atoms with E-state index in [1.807, 2.05) is 0 Å². The molecule has 1 aromatic carbocycles. The summed E-state index contributed by atoms with van der Waals surface area (Å²) < 4.78 is 26.4. The van der Waals surface area contributed by atoms with Crippen LogP contribution in [0, 0.1) is 17.6 Å². The lowest BCUT2D eigenvalue weighted by Crippen LogP contribution is -2.28. The molecule has 1 aromatic rings. The normalized spacial score (nSPS) is 29.6. The molecule has 2 rings (SSSR count). The molecule has 1 nitrogen and oxygen atoms in total. The highest BCUT2D eigenvalue weighted by Gasteiger charge is 2.36. The van der Waals surface area contributed by atoms with Crippen LogP contribution < -0.4 is 0 Å². The van der Waals surface area contributed by atoms with E-state index < -0.39 is 17.2 Å². The average molecular weight is 226 g/mol. The molecule has 1 saturated carbocycles. The molecule has 88 valence electrons. The molecule has 0 radical (unpaired) electrons. The summed E-state index contributed by atoms with van der Waals surface area (Å²) in [5.74, 6) is -1.20. The Bertz CT molecular complexity index is 392. The maximum atomic E-state index is 13.4. The Balaban J connectivity index is 2.18. The van der Waals surface area contributed by atoms with Crippen LogP contribution in [0.4, 0.5) is 8.78 Å². The van der Waals surface area contributed by atoms with Gasteiger partial charge in [0.15, 0.2) is 11.6 Å². The minimum atomic E-state index is -0.853. The molecule has 0 heterocycles. The molecular formula is C13H16F2O. The van der Waals surface area contributed by atoms with Crippen molar-refractivity contribution in [3.05, 3.63) is 35.4 Å². The number of rotatable bonds is 2. The lowest BCUT2D eigenvalue weighted by molar-refractivity contribution is 0.0436. The lowest BCUT2D eigenvalue weighted by Gasteiger charge is -2.22. The molecule has 1 N–H and O–H groups in total. The highest BCUT2D eigenvalue weighted by molar-refractivity contribution is 5.21. The molecule has 0 aliphatic heterocycles. The summed E-state index contributed by atoms with van der Waals surface area (Å²) in [6.07, 6.45) is 2.50. The molecule has 2 unspecified atom stereocenters. The highest BCUT2D eigenvalue weighted by Crippen LogP contribution is 2.37. The molecule has 2 atom stereocenters. The van der Waals surface area contributed by atoms with E-state index in [0.29, 0.717) is 18.8 Å². The molecule has 0 bridgehead atoms. The first-order valence-electron chi connectivity index (χ1n) is 5.65. The van der Waals surface area contributed by atoms with E-state index in [9.17, 15) is 13.9 Å². The second-order valence-corrected chi connectivity index (χ2v) is 4.96. The van der Waals surface area contributed by atoms with Crippen LogP contribution >= 0.6 is 0 Å². The standard InChI is InChI=1S/C13H16F2O/c1-9-5-6-13(16,7-9)8-10-3-2-4-11(14)12(10)15/h2-4,9,16H,5-8H2,1H3. The summed E-state index contributed by atoms with van der Waals surface area (Å²) in [5.41, 5.74) is -0.578. The van der Waals surface area contributed by atoms with Gasteiger partial charge in [-0.2, -0.15) is 0 Å². The monoisotopic (exact) mass is 226 g/mol. The summed E-state index contributed by atoms with van der Waals surface area (Å²) in [4.78, 5) is 0. The topological polar surface area (TPSA) is 20.2 Å². The van der Waals surface area contributed by atoms with Gasteiger partial charge in [-0.1, -0.05) is 19.1 Å². The van der Waals surface area contributed by atoms with Gasteiger partial charge < -0.3 is 5.11 Å². The van der Waals surface area contributed by atoms with E-state index in [1.165, 1.54) is 6.07 Å². The van der Waals surface area contributed by atoms with Crippen LogP contribution in [0.2, 0.25) is 0 Å².